The maximum atomic E-state index is 13.7. The van der Waals surface area contributed by atoms with Crippen molar-refractivity contribution in [2.75, 3.05) is 45.6 Å². The van der Waals surface area contributed by atoms with Crippen molar-refractivity contribution in [1.29, 1.82) is 0 Å². The van der Waals surface area contributed by atoms with Gasteiger partial charge in [0.2, 0.25) is 0 Å². The highest BCUT2D eigenvalue weighted by atomic mass is 127. The van der Waals surface area contributed by atoms with Crippen LogP contribution in [0.5, 0.6) is 0 Å². The SMILES string of the molecule is CCNC(=NCc1cc(F)ccc1CS(C)(=O)=O)NCC(C)(C)N1CCOCC1.I. The van der Waals surface area contributed by atoms with E-state index in [1.807, 2.05) is 6.92 Å². The summed E-state index contributed by atoms with van der Waals surface area (Å²) in [6.07, 6.45) is 1.17. The molecule has 1 aliphatic heterocycles. The van der Waals surface area contributed by atoms with E-state index in [1.54, 1.807) is 0 Å². The zero-order valence-electron chi connectivity index (χ0n) is 18.2. The molecule has 7 nitrogen and oxygen atoms in total. The van der Waals surface area contributed by atoms with Gasteiger partial charge in [-0.05, 0) is 44.0 Å². The van der Waals surface area contributed by atoms with E-state index in [9.17, 15) is 12.8 Å². The van der Waals surface area contributed by atoms with Crippen LogP contribution < -0.4 is 10.6 Å². The summed E-state index contributed by atoms with van der Waals surface area (Å²) in [6.45, 7) is 11.1. The number of ether oxygens (including phenoxy) is 1. The lowest BCUT2D eigenvalue weighted by Gasteiger charge is -2.41. The fraction of sp³-hybridized carbons (Fsp3) is 0.650. The summed E-state index contributed by atoms with van der Waals surface area (Å²) in [6, 6.07) is 4.15. The number of hydrogen-bond donors (Lipinski definition) is 2. The molecule has 2 rings (SSSR count). The van der Waals surface area contributed by atoms with E-state index in [-0.39, 0.29) is 41.8 Å². The van der Waals surface area contributed by atoms with Gasteiger partial charge >= 0.3 is 0 Å². The van der Waals surface area contributed by atoms with Crippen LogP contribution in [0.2, 0.25) is 0 Å². The molecule has 0 spiro atoms. The molecular weight excluding hydrogens is 522 g/mol. The second kappa shape index (κ2) is 12.2. The molecule has 0 bridgehead atoms. The largest absolute Gasteiger partial charge is 0.379 e. The lowest BCUT2D eigenvalue weighted by molar-refractivity contribution is -0.00834. The molecule has 1 aliphatic rings. The van der Waals surface area contributed by atoms with E-state index in [4.69, 9.17) is 4.74 Å². The molecule has 10 heteroatoms. The average Bonchev–Trinajstić information content (AvgIpc) is 2.65. The summed E-state index contributed by atoms with van der Waals surface area (Å²) >= 11 is 0. The lowest BCUT2D eigenvalue weighted by Crippen LogP contribution is -2.56. The predicted octanol–water partition coefficient (Wildman–Crippen LogP) is 2.15. The molecule has 0 atom stereocenters. The molecule has 1 saturated heterocycles. The minimum absolute atomic E-state index is 0. The van der Waals surface area contributed by atoms with Crippen molar-refractivity contribution >= 4 is 39.8 Å². The summed E-state index contributed by atoms with van der Waals surface area (Å²) in [5, 5.41) is 6.55. The standard InChI is InChI=1S/C20H33FN4O3S.HI/c1-5-22-19(24-15-20(2,3)25-8-10-28-11-9-25)23-13-17-12-18(21)7-6-16(17)14-29(4,26)27;/h6-7,12H,5,8-11,13-15H2,1-4H3,(H2,22,23,24);1H. The number of sulfone groups is 1. The van der Waals surface area contributed by atoms with Crippen LogP contribution in [0.3, 0.4) is 0 Å². The van der Waals surface area contributed by atoms with Crippen molar-refractivity contribution < 1.29 is 17.5 Å². The van der Waals surface area contributed by atoms with Crippen LogP contribution in [0.15, 0.2) is 23.2 Å². The number of benzene rings is 1. The topological polar surface area (TPSA) is 83.0 Å². The highest BCUT2D eigenvalue weighted by Crippen LogP contribution is 2.17. The Bertz CT molecular complexity index is 812. The van der Waals surface area contributed by atoms with Crippen LogP contribution in [0.1, 0.15) is 31.9 Å². The minimum Gasteiger partial charge on any atom is -0.379 e. The third-order valence-corrected chi connectivity index (χ3v) is 5.73. The highest BCUT2D eigenvalue weighted by Gasteiger charge is 2.28. The van der Waals surface area contributed by atoms with Gasteiger partial charge in [0.1, 0.15) is 5.82 Å². The van der Waals surface area contributed by atoms with E-state index in [0.717, 1.165) is 26.3 Å². The third kappa shape index (κ3) is 9.03. The van der Waals surface area contributed by atoms with Crippen molar-refractivity contribution in [3.8, 4) is 0 Å². The monoisotopic (exact) mass is 556 g/mol. The van der Waals surface area contributed by atoms with Gasteiger partial charge in [-0.25, -0.2) is 17.8 Å². The Morgan fingerprint density at radius 1 is 1.23 bits per heavy atom. The Kier molecular flexibility index (Phi) is 11.0. The van der Waals surface area contributed by atoms with Gasteiger partial charge in [0.25, 0.3) is 0 Å². The molecule has 0 saturated carbocycles. The second-order valence-electron chi connectivity index (χ2n) is 7.94. The number of hydrogen-bond acceptors (Lipinski definition) is 5. The quantitative estimate of drug-likeness (QED) is 0.290. The number of halogens is 2. The molecule has 1 aromatic rings. The lowest BCUT2D eigenvalue weighted by atomic mass is 10.0. The molecule has 0 amide bonds. The molecule has 0 radical (unpaired) electrons. The molecule has 2 N–H and O–H groups in total. The summed E-state index contributed by atoms with van der Waals surface area (Å²) in [4.78, 5) is 6.93. The van der Waals surface area contributed by atoms with Gasteiger partial charge in [-0.1, -0.05) is 6.07 Å². The van der Waals surface area contributed by atoms with E-state index in [0.29, 0.717) is 30.2 Å². The first-order chi connectivity index (χ1) is 13.6. The molecule has 1 fully saturated rings. The van der Waals surface area contributed by atoms with E-state index >= 15 is 0 Å². The first kappa shape index (κ1) is 27.1. The van der Waals surface area contributed by atoms with Crippen LogP contribution in [-0.4, -0.2) is 70.5 Å². The highest BCUT2D eigenvalue weighted by molar-refractivity contribution is 14.0. The zero-order valence-corrected chi connectivity index (χ0v) is 21.3. The van der Waals surface area contributed by atoms with Gasteiger partial charge in [-0.15, -0.1) is 24.0 Å². The number of rotatable bonds is 8. The number of aliphatic imine (C=N–C) groups is 1. The minimum atomic E-state index is -3.22. The first-order valence-corrected chi connectivity index (χ1v) is 12.0. The maximum absolute atomic E-state index is 13.7. The Morgan fingerprint density at radius 3 is 2.50 bits per heavy atom. The summed E-state index contributed by atoms with van der Waals surface area (Å²) in [5.41, 5.74) is 1.06. The summed E-state index contributed by atoms with van der Waals surface area (Å²) in [5.74, 6) is 0.0777. The van der Waals surface area contributed by atoms with E-state index in [1.165, 1.54) is 24.5 Å². The van der Waals surface area contributed by atoms with Crippen molar-refractivity contribution in [3.05, 3.63) is 35.1 Å². The number of guanidine groups is 1. The van der Waals surface area contributed by atoms with Gasteiger partial charge < -0.3 is 15.4 Å². The molecule has 1 aromatic carbocycles. The maximum Gasteiger partial charge on any atom is 0.191 e. The average molecular weight is 556 g/mol. The van der Waals surface area contributed by atoms with Crippen molar-refractivity contribution in [3.63, 3.8) is 0 Å². The third-order valence-electron chi connectivity index (χ3n) is 4.89. The second-order valence-corrected chi connectivity index (χ2v) is 10.1. The summed E-state index contributed by atoms with van der Waals surface area (Å²) < 4.78 is 42.5. The van der Waals surface area contributed by atoms with Crippen molar-refractivity contribution in [2.24, 2.45) is 4.99 Å². The Labute approximate surface area is 196 Å². The molecule has 172 valence electrons. The van der Waals surface area contributed by atoms with Gasteiger partial charge in [0.05, 0.1) is 25.5 Å². The summed E-state index contributed by atoms with van der Waals surface area (Å²) in [7, 11) is -3.22. The van der Waals surface area contributed by atoms with E-state index < -0.39 is 15.7 Å². The zero-order chi connectivity index (χ0) is 21.5. The Morgan fingerprint density at radius 2 is 1.90 bits per heavy atom. The van der Waals surface area contributed by atoms with Gasteiger partial charge in [-0.3, -0.25) is 4.90 Å². The van der Waals surface area contributed by atoms with Gasteiger partial charge in [-0.2, -0.15) is 0 Å². The normalized spacial score (nSPS) is 16.1. The number of nitrogens with one attached hydrogen (secondary N) is 2. The smallest absolute Gasteiger partial charge is 0.191 e. The molecule has 1 heterocycles. The van der Waals surface area contributed by atoms with Gasteiger partial charge in [0.15, 0.2) is 15.8 Å². The van der Waals surface area contributed by atoms with Crippen LogP contribution >= 0.6 is 24.0 Å². The van der Waals surface area contributed by atoms with Crippen LogP contribution in [-0.2, 0) is 26.9 Å². The molecular formula is C20H34FIN4O3S. The van der Waals surface area contributed by atoms with E-state index in [2.05, 4.69) is 34.4 Å². The fourth-order valence-electron chi connectivity index (χ4n) is 3.25. The molecule has 0 aliphatic carbocycles. The number of morpholine rings is 1. The van der Waals surface area contributed by atoms with Crippen LogP contribution in [0.4, 0.5) is 4.39 Å². The fourth-order valence-corrected chi connectivity index (χ4v) is 4.10. The predicted molar refractivity (Wildman–Crippen MR) is 130 cm³/mol. The van der Waals surface area contributed by atoms with Crippen LogP contribution in [0, 0.1) is 5.82 Å². The van der Waals surface area contributed by atoms with Crippen molar-refractivity contribution in [2.45, 2.75) is 38.6 Å². The Hall–Kier alpha value is -0.980. The van der Waals surface area contributed by atoms with Crippen molar-refractivity contribution in [1.82, 2.24) is 15.5 Å². The van der Waals surface area contributed by atoms with Gasteiger partial charge in [0, 0.05) is 38.0 Å². The molecule has 30 heavy (non-hydrogen) atoms. The molecule has 0 unspecified atom stereocenters. The number of nitrogens with zero attached hydrogens (tertiary/aromatic N) is 2. The first-order valence-electron chi connectivity index (χ1n) is 9.91. The van der Waals surface area contributed by atoms with Crippen LogP contribution in [0.25, 0.3) is 0 Å². The Balaban J connectivity index is 0.00000450. The molecule has 0 aromatic heterocycles.